The van der Waals surface area contributed by atoms with Gasteiger partial charge < -0.3 is 15.8 Å². The van der Waals surface area contributed by atoms with Crippen molar-refractivity contribution < 1.29 is 9.53 Å². The van der Waals surface area contributed by atoms with Crippen LogP contribution in [0.1, 0.15) is 28.8 Å². The van der Waals surface area contributed by atoms with E-state index in [4.69, 9.17) is 10.5 Å². The van der Waals surface area contributed by atoms with E-state index in [-0.39, 0.29) is 0 Å². The molecule has 0 bridgehead atoms. The molecule has 0 radical (unpaired) electrons. The maximum absolute atomic E-state index is 11.3. The lowest BCUT2D eigenvalue weighted by Crippen LogP contribution is -2.33. The zero-order chi connectivity index (χ0) is 13.0. The Kier molecular flexibility index (Phi) is 4.20. The van der Waals surface area contributed by atoms with Crippen LogP contribution in [0.5, 0.6) is 5.75 Å². The first-order valence-corrected chi connectivity index (χ1v) is 6.41. The van der Waals surface area contributed by atoms with E-state index in [1.807, 2.05) is 19.1 Å². The first kappa shape index (κ1) is 12.9. The average molecular weight is 248 g/mol. The van der Waals surface area contributed by atoms with Crippen molar-refractivity contribution in [2.75, 3.05) is 19.7 Å². The predicted octanol–water partition coefficient (Wildman–Crippen LogP) is 1.47. The molecule has 2 rings (SSSR count). The number of carbonyl (C=O) groups is 1. The Morgan fingerprint density at radius 3 is 3.06 bits per heavy atom. The van der Waals surface area contributed by atoms with E-state index in [0.717, 1.165) is 18.7 Å². The van der Waals surface area contributed by atoms with Crippen LogP contribution in [-0.4, -0.2) is 25.6 Å². The summed E-state index contributed by atoms with van der Waals surface area (Å²) in [4.78, 5) is 11.3. The third kappa shape index (κ3) is 3.23. The molecule has 98 valence electrons. The highest BCUT2D eigenvalue weighted by Crippen LogP contribution is 2.21. The fourth-order valence-electron chi connectivity index (χ4n) is 2.23. The first-order valence-electron chi connectivity index (χ1n) is 6.41. The van der Waals surface area contributed by atoms with Gasteiger partial charge in [-0.1, -0.05) is 6.07 Å². The molecule has 1 aromatic carbocycles. The average Bonchev–Trinajstić information content (AvgIpc) is 2.37. The Bertz CT molecular complexity index is 426. The van der Waals surface area contributed by atoms with Crippen LogP contribution < -0.4 is 15.8 Å². The number of hydrogen-bond acceptors (Lipinski definition) is 3. The molecule has 0 saturated carbocycles. The second kappa shape index (κ2) is 5.87. The normalized spacial score (nSPS) is 19.5. The summed E-state index contributed by atoms with van der Waals surface area (Å²) in [5.74, 6) is 0.680. The number of nitrogens with one attached hydrogen (secondary N) is 1. The fraction of sp³-hybridized carbons (Fsp3) is 0.500. The number of ether oxygens (including phenoxy) is 1. The lowest BCUT2D eigenvalue weighted by atomic mass is 10.0. The van der Waals surface area contributed by atoms with E-state index in [1.165, 1.54) is 12.8 Å². The number of nitrogens with two attached hydrogens (primary N) is 1. The fourth-order valence-corrected chi connectivity index (χ4v) is 2.23. The van der Waals surface area contributed by atoms with Gasteiger partial charge in [-0.25, -0.2) is 0 Å². The van der Waals surface area contributed by atoms with Gasteiger partial charge in [0.1, 0.15) is 5.75 Å². The highest BCUT2D eigenvalue weighted by Gasteiger charge is 2.15. The Morgan fingerprint density at radius 1 is 1.56 bits per heavy atom. The molecule has 0 aromatic heterocycles. The Morgan fingerprint density at radius 2 is 2.39 bits per heavy atom. The molecular formula is C14H20N2O2. The van der Waals surface area contributed by atoms with Gasteiger partial charge >= 0.3 is 0 Å². The molecule has 1 aromatic rings. The van der Waals surface area contributed by atoms with Gasteiger partial charge in [-0.15, -0.1) is 0 Å². The summed E-state index contributed by atoms with van der Waals surface area (Å²) < 4.78 is 5.78. The maximum atomic E-state index is 11.3. The quantitative estimate of drug-likeness (QED) is 0.848. The van der Waals surface area contributed by atoms with Crippen molar-refractivity contribution in [1.29, 1.82) is 0 Å². The molecule has 18 heavy (non-hydrogen) atoms. The number of benzene rings is 1. The predicted molar refractivity (Wildman–Crippen MR) is 70.8 cm³/mol. The number of hydrogen-bond donors (Lipinski definition) is 2. The summed E-state index contributed by atoms with van der Waals surface area (Å²) >= 11 is 0. The van der Waals surface area contributed by atoms with Crippen LogP contribution >= 0.6 is 0 Å². The number of carbonyl (C=O) groups excluding carboxylic acids is 1. The zero-order valence-electron chi connectivity index (χ0n) is 10.7. The van der Waals surface area contributed by atoms with Crippen LogP contribution in [0.15, 0.2) is 18.2 Å². The third-order valence-electron chi connectivity index (χ3n) is 3.28. The summed E-state index contributed by atoms with van der Waals surface area (Å²) in [5.41, 5.74) is 6.87. The topological polar surface area (TPSA) is 64.4 Å². The zero-order valence-corrected chi connectivity index (χ0v) is 10.7. The van der Waals surface area contributed by atoms with Crippen molar-refractivity contribution in [2.45, 2.75) is 19.8 Å². The van der Waals surface area contributed by atoms with Crippen LogP contribution in [0.3, 0.4) is 0 Å². The summed E-state index contributed by atoms with van der Waals surface area (Å²) in [7, 11) is 0. The van der Waals surface area contributed by atoms with Crippen LogP contribution in [0.2, 0.25) is 0 Å². The number of primary amides is 1. The molecule has 1 atom stereocenters. The van der Waals surface area contributed by atoms with Crippen LogP contribution in [0.25, 0.3) is 0 Å². The van der Waals surface area contributed by atoms with Gasteiger partial charge in [-0.3, -0.25) is 4.79 Å². The molecule has 1 unspecified atom stereocenters. The maximum Gasteiger partial charge on any atom is 0.252 e. The molecule has 1 heterocycles. The second-order valence-corrected chi connectivity index (χ2v) is 4.89. The smallest absolute Gasteiger partial charge is 0.252 e. The van der Waals surface area contributed by atoms with E-state index in [0.29, 0.717) is 23.8 Å². The molecule has 0 spiro atoms. The molecule has 1 aliphatic heterocycles. The standard InChI is InChI=1S/C14H20N2O2/c1-10-4-5-12(14(15)17)13(7-10)18-9-11-3-2-6-16-8-11/h4-5,7,11,16H,2-3,6,8-9H2,1H3,(H2,15,17). The van der Waals surface area contributed by atoms with Crippen molar-refractivity contribution in [1.82, 2.24) is 5.32 Å². The minimum Gasteiger partial charge on any atom is -0.492 e. The Labute approximate surface area is 108 Å². The molecule has 1 amide bonds. The van der Waals surface area contributed by atoms with Gasteiger partial charge in [0.25, 0.3) is 5.91 Å². The van der Waals surface area contributed by atoms with Gasteiger partial charge in [0.15, 0.2) is 0 Å². The van der Waals surface area contributed by atoms with Crippen LogP contribution in [0, 0.1) is 12.8 Å². The minimum atomic E-state index is -0.438. The number of piperidine rings is 1. The van der Waals surface area contributed by atoms with Crippen molar-refractivity contribution in [3.8, 4) is 5.75 Å². The molecular weight excluding hydrogens is 228 g/mol. The number of aryl methyl sites for hydroxylation is 1. The second-order valence-electron chi connectivity index (χ2n) is 4.89. The Hall–Kier alpha value is -1.55. The van der Waals surface area contributed by atoms with Crippen LogP contribution in [-0.2, 0) is 0 Å². The van der Waals surface area contributed by atoms with Crippen LogP contribution in [0.4, 0.5) is 0 Å². The highest BCUT2D eigenvalue weighted by atomic mass is 16.5. The molecule has 4 heteroatoms. The van der Waals surface area contributed by atoms with Crippen molar-refractivity contribution >= 4 is 5.91 Å². The number of amides is 1. The number of rotatable bonds is 4. The summed E-state index contributed by atoms with van der Waals surface area (Å²) in [6, 6.07) is 5.47. The largest absolute Gasteiger partial charge is 0.492 e. The summed E-state index contributed by atoms with van der Waals surface area (Å²) in [6.45, 7) is 4.68. The van der Waals surface area contributed by atoms with Crippen molar-refractivity contribution in [3.05, 3.63) is 29.3 Å². The van der Waals surface area contributed by atoms with E-state index in [1.54, 1.807) is 6.07 Å². The van der Waals surface area contributed by atoms with Gasteiger partial charge in [0.05, 0.1) is 12.2 Å². The third-order valence-corrected chi connectivity index (χ3v) is 3.28. The summed E-state index contributed by atoms with van der Waals surface area (Å²) in [6.07, 6.45) is 2.36. The van der Waals surface area contributed by atoms with E-state index in [2.05, 4.69) is 5.32 Å². The molecule has 0 aliphatic carbocycles. The lowest BCUT2D eigenvalue weighted by molar-refractivity contribution is 0.0995. The summed E-state index contributed by atoms with van der Waals surface area (Å²) in [5, 5.41) is 3.35. The van der Waals surface area contributed by atoms with Gasteiger partial charge in [-0.2, -0.15) is 0 Å². The molecule has 1 fully saturated rings. The first-order chi connectivity index (χ1) is 8.66. The molecule has 1 aliphatic rings. The molecule has 4 nitrogen and oxygen atoms in total. The van der Waals surface area contributed by atoms with E-state index >= 15 is 0 Å². The molecule has 3 N–H and O–H groups in total. The van der Waals surface area contributed by atoms with Gasteiger partial charge in [0.2, 0.25) is 0 Å². The van der Waals surface area contributed by atoms with Gasteiger partial charge in [0, 0.05) is 12.5 Å². The van der Waals surface area contributed by atoms with Crippen molar-refractivity contribution in [2.24, 2.45) is 11.7 Å². The van der Waals surface area contributed by atoms with Crippen molar-refractivity contribution in [3.63, 3.8) is 0 Å². The molecule has 1 saturated heterocycles. The SMILES string of the molecule is Cc1ccc(C(N)=O)c(OCC2CCCNC2)c1. The monoisotopic (exact) mass is 248 g/mol. The lowest BCUT2D eigenvalue weighted by Gasteiger charge is -2.23. The van der Waals surface area contributed by atoms with Gasteiger partial charge in [-0.05, 0) is 44.0 Å². The van der Waals surface area contributed by atoms with E-state index < -0.39 is 5.91 Å². The minimum absolute atomic E-state index is 0.438. The highest BCUT2D eigenvalue weighted by molar-refractivity contribution is 5.95. The Balaban J connectivity index is 2.03. The van der Waals surface area contributed by atoms with E-state index in [9.17, 15) is 4.79 Å².